The molecule has 22 heavy (non-hydrogen) atoms. The monoisotopic (exact) mass is 438 g/mol. The Hall–Kier alpha value is -0.700. The zero-order valence-electron chi connectivity index (χ0n) is 13.0. The predicted octanol–water partition coefficient (Wildman–Crippen LogP) is 2.63. The molecule has 1 atom stereocenters. The first-order valence-electron chi connectivity index (χ1n) is 7.18. The summed E-state index contributed by atoms with van der Waals surface area (Å²) in [4.78, 5) is 8.82. The van der Waals surface area contributed by atoms with E-state index in [0.29, 0.717) is 11.2 Å². The van der Waals surface area contributed by atoms with Crippen LogP contribution in [0.25, 0.3) is 0 Å². The van der Waals surface area contributed by atoms with Gasteiger partial charge in [-0.3, -0.25) is 4.99 Å². The maximum Gasteiger partial charge on any atom is 0.191 e. The summed E-state index contributed by atoms with van der Waals surface area (Å²) in [5.41, 5.74) is 7.11. The van der Waals surface area contributed by atoms with Crippen molar-refractivity contribution in [2.75, 3.05) is 43.9 Å². The molecule has 1 aliphatic heterocycles. The number of anilines is 1. The Balaban J connectivity index is 0.00000242. The number of hydrogen-bond donors (Lipinski definition) is 1. The molecule has 2 N–H and O–H groups in total. The summed E-state index contributed by atoms with van der Waals surface area (Å²) < 4.78 is 12.9. The van der Waals surface area contributed by atoms with Crippen LogP contribution in [-0.2, 0) is 0 Å². The Labute approximate surface area is 153 Å². The molecule has 2 rings (SSSR count). The van der Waals surface area contributed by atoms with Crippen molar-refractivity contribution in [1.29, 1.82) is 0 Å². The van der Waals surface area contributed by atoms with Crippen LogP contribution in [0, 0.1) is 5.82 Å². The molecule has 0 radical (unpaired) electrons. The number of piperazine rings is 1. The van der Waals surface area contributed by atoms with Gasteiger partial charge in [0.1, 0.15) is 5.82 Å². The summed E-state index contributed by atoms with van der Waals surface area (Å²) in [5, 5.41) is 0.490. The Morgan fingerprint density at radius 1 is 1.27 bits per heavy atom. The van der Waals surface area contributed by atoms with Crippen molar-refractivity contribution in [3.05, 3.63) is 30.1 Å². The number of aliphatic imine (C=N–C) groups is 1. The largest absolute Gasteiger partial charge is 0.370 e. The number of thioether (sulfide) groups is 1. The lowest BCUT2D eigenvalue weighted by atomic mass is 10.2. The van der Waals surface area contributed by atoms with Crippen LogP contribution in [-0.4, -0.2) is 55.1 Å². The highest BCUT2D eigenvalue weighted by molar-refractivity contribution is 14.0. The first-order valence-corrected chi connectivity index (χ1v) is 8.47. The van der Waals surface area contributed by atoms with E-state index in [-0.39, 0.29) is 29.8 Å². The molecular formula is C15H24FIN4S. The highest BCUT2D eigenvalue weighted by Crippen LogP contribution is 2.16. The Kier molecular flexibility index (Phi) is 8.30. The average molecular weight is 438 g/mol. The number of hydrogen-bond acceptors (Lipinski definition) is 3. The van der Waals surface area contributed by atoms with E-state index < -0.39 is 0 Å². The van der Waals surface area contributed by atoms with Crippen molar-refractivity contribution in [2.24, 2.45) is 10.7 Å². The second kappa shape index (κ2) is 9.44. The highest BCUT2D eigenvalue weighted by Gasteiger charge is 2.18. The number of nitrogens with two attached hydrogens (primary N) is 1. The third-order valence-electron chi connectivity index (χ3n) is 3.71. The standard InChI is InChI=1S/C15H23FN4S.HI/c1-12(21-2)11-18-15(17)20-9-7-19(8-10-20)14-5-3-13(16)4-6-14;/h3-6,12H,7-11H2,1-2H3,(H2,17,18);1H. The highest BCUT2D eigenvalue weighted by atomic mass is 127. The molecule has 4 nitrogen and oxygen atoms in total. The van der Waals surface area contributed by atoms with Gasteiger partial charge in [0.2, 0.25) is 0 Å². The molecular weight excluding hydrogens is 414 g/mol. The first-order chi connectivity index (χ1) is 10.1. The molecule has 0 spiro atoms. The molecule has 1 heterocycles. The van der Waals surface area contributed by atoms with Gasteiger partial charge >= 0.3 is 0 Å². The third kappa shape index (κ3) is 5.49. The summed E-state index contributed by atoms with van der Waals surface area (Å²) in [6, 6.07) is 6.65. The number of guanidine groups is 1. The van der Waals surface area contributed by atoms with E-state index in [9.17, 15) is 4.39 Å². The van der Waals surface area contributed by atoms with Gasteiger partial charge < -0.3 is 15.5 Å². The third-order valence-corrected chi connectivity index (χ3v) is 4.66. The molecule has 0 aromatic heterocycles. The van der Waals surface area contributed by atoms with Crippen molar-refractivity contribution in [2.45, 2.75) is 12.2 Å². The maximum atomic E-state index is 12.9. The van der Waals surface area contributed by atoms with Crippen molar-refractivity contribution in [1.82, 2.24) is 4.90 Å². The normalized spacial score (nSPS) is 17.1. The molecule has 0 bridgehead atoms. The number of halogens is 2. The van der Waals surface area contributed by atoms with E-state index in [4.69, 9.17) is 5.73 Å². The van der Waals surface area contributed by atoms with Gasteiger partial charge in [0.15, 0.2) is 5.96 Å². The van der Waals surface area contributed by atoms with Crippen LogP contribution < -0.4 is 10.6 Å². The molecule has 1 aromatic rings. The van der Waals surface area contributed by atoms with Crippen LogP contribution in [0.3, 0.4) is 0 Å². The van der Waals surface area contributed by atoms with Gasteiger partial charge in [0.25, 0.3) is 0 Å². The molecule has 1 fully saturated rings. The zero-order chi connectivity index (χ0) is 15.2. The van der Waals surface area contributed by atoms with Crippen LogP contribution in [0.15, 0.2) is 29.3 Å². The van der Waals surface area contributed by atoms with Gasteiger partial charge in [-0.15, -0.1) is 24.0 Å². The second-order valence-corrected chi connectivity index (χ2v) is 6.47. The average Bonchev–Trinajstić information content (AvgIpc) is 2.53. The van der Waals surface area contributed by atoms with Crippen molar-refractivity contribution < 1.29 is 4.39 Å². The lowest BCUT2D eigenvalue weighted by Crippen LogP contribution is -2.51. The summed E-state index contributed by atoms with van der Waals surface area (Å²) >= 11 is 1.79. The first kappa shape index (κ1) is 19.3. The minimum Gasteiger partial charge on any atom is -0.370 e. The minimum absolute atomic E-state index is 0. The Morgan fingerprint density at radius 3 is 2.41 bits per heavy atom. The Morgan fingerprint density at radius 2 is 1.86 bits per heavy atom. The fraction of sp³-hybridized carbons (Fsp3) is 0.533. The van der Waals surface area contributed by atoms with Crippen LogP contribution >= 0.6 is 35.7 Å². The summed E-state index contributed by atoms with van der Waals surface area (Å²) in [5.74, 6) is 0.436. The number of benzene rings is 1. The van der Waals surface area contributed by atoms with E-state index >= 15 is 0 Å². The molecule has 124 valence electrons. The van der Waals surface area contributed by atoms with Crippen LogP contribution in [0.1, 0.15) is 6.92 Å². The molecule has 0 aliphatic carbocycles. The maximum absolute atomic E-state index is 12.9. The summed E-state index contributed by atoms with van der Waals surface area (Å²) in [7, 11) is 0. The molecule has 1 unspecified atom stereocenters. The molecule has 7 heteroatoms. The second-order valence-electron chi connectivity index (χ2n) is 5.20. The zero-order valence-corrected chi connectivity index (χ0v) is 16.2. The quantitative estimate of drug-likeness (QED) is 0.446. The fourth-order valence-electron chi connectivity index (χ4n) is 2.24. The lowest BCUT2D eigenvalue weighted by molar-refractivity contribution is 0.381. The Bertz CT molecular complexity index is 475. The van der Waals surface area contributed by atoms with E-state index in [1.165, 1.54) is 12.1 Å². The van der Waals surface area contributed by atoms with Crippen LogP contribution in [0.2, 0.25) is 0 Å². The lowest BCUT2D eigenvalue weighted by Gasteiger charge is -2.36. The van der Waals surface area contributed by atoms with Gasteiger partial charge in [-0.25, -0.2) is 4.39 Å². The van der Waals surface area contributed by atoms with Crippen LogP contribution in [0.4, 0.5) is 10.1 Å². The van der Waals surface area contributed by atoms with Gasteiger partial charge in [-0.05, 0) is 30.5 Å². The SMILES string of the molecule is CSC(C)CN=C(N)N1CCN(c2ccc(F)cc2)CC1.I. The molecule has 1 aliphatic rings. The van der Waals surface area contributed by atoms with Crippen molar-refractivity contribution >= 4 is 47.4 Å². The van der Waals surface area contributed by atoms with E-state index in [1.54, 1.807) is 11.8 Å². The van der Waals surface area contributed by atoms with Gasteiger partial charge in [0.05, 0.1) is 6.54 Å². The van der Waals surface area contributed by atoms with Crippen molar-refractivity contribution in [3.8, 4) is 0 Å². The number of rotatable bonds is 4. The van der Waals surface area contributed by atoms with Gasteiger partial charge in [0, 0.05) is 37.1 Å². The minimum atomic E-state index is -0.198. The van der Waals surface area contributed by atoms with Crippen LogP contribution in [0.5, 0.6) is 0 Å². The van der Waals surface area contributed by atoms with E-state index in [1.807, 2.05) is 12.1 Å². The fourth-order valence-corrected chi connectivity index (χ4v) is 2.47. The van der Waals surface area contributed by atoms with Gasteiger partial charge in [-0.2, -0.15) is 11.8 Å². The predicted molar refractivity (Wildman–Crippen MR) is 105 cm³/mol. The van der Waals surface area contributed by atoms with Crippen molar-refractivity contribution in [3.63, 3.8) is 0 Å². The van der Waals surface area contributed by atoms with E-state index in [0.717, 1.165) is 38.4 Å². The number of nitrogens with zero attached hydrogens (tertiary/aromatic N) is 3. The van der Waals surface area contributed by atoms with Gasteiger partial charge in [-0.1, -0.05) is 6.92 Å². The molecule has 0 amide bonds. The summed E-state index contributed by atoms with van der Waals surface area (Å²) in [6.07, 6.45) is 2.08. The molecule has 0 saturated carbocycles. The van der Waals surface area contributed by atoms with E-state index in [2.05, 4.69) is 28.0 Å². The summed E-state index contributed by atoms with van der Waals surface area (Å²) in [6.45, 7) is 6.35. The topological polar surface area (TPSA) is 44.9 Å². The smallest absolute Gasteiger partial charge is 0.191 e. The molecule has 1 aromatic carbocycles. The molecule has 1 saturated heterocycles.